The van der Waals surface area contributed by atoms with Crippen LogP contribution in [0.3, 0.4) is 0 Å². The van der Waals surface area contributed by atoms with Gasteiger partial charge in [-0.1, -0.05) is 206 Å². The standard InChI is InChI=1S/C37H77N.C2H5NO2/c1-4-6-8-10-12-14-16-18-20-22-24-26-28-30-32-34-36-38(3)37-35-33-31-29-27-25-23-21-19-17-15-13-11-9-7-5-2;3-1-2(4)5/h4-37H2,1-3H3;1,3H2,(H,4,5). The molecule has 0 radical (unpaired) electrons. The van der Waals surface area contributed by atoms with E-state index in [1.807, 2.05) is 0 Å². The van der Waals surface area contributed by atoms with Crippen molar-refractivity contribution in [2.75, 3.05) is 26.7 Å². The molecule has 0 rings (SSSR count). The Morgan fingerprint density at radius 2 is 0.581 bits per heavy atom. The Morgan fingerprint density at radius 1 is 0.419 bits per heavy atom. The maximum Gasteiger partial charge on any atom is 0.317 e. The Labute approximate surface area is 272 Å². The van der Waals surface area contributed by atoms with Gasteiger partial charge in [-0.25, -0.2) is 0 Å². The molecule has 0 atom stereocenters. The van der Waals surface area contributed by atoms with Crippen LogP contribution < -0.4 is 5.73 Å². The minimum absolute atomic E-state index is 0.278. The maximum atomic E-state index is 9.24. The van der Waals surface area contributed by atoms with Crippen LogP contribution in [-0.2, 0) is 4.79 Å². The van der Waals surface area contributed by atoms with E-state index in [-0.39, 0.29) is 6.54 Å². The van der Waals surface area contributed by atoms with E-state index in [9.17, 15) is 4.79 Å². The second kappa shape index (κ2) is 41.4. The summed E-state index contributed by atoms with van der Waals surface area (Å²) >= 11 is 0. The molecule has 0 aromatic heterocycles. The summed E-state index contributed by atoms with van der Waals surface area (Å²) in [5, 5.41) is 7.60. The Balaban J connectivity index is 0. The van der Waals surface area contributed by atoms with Crippen molar-refractivity contribution < 1.29 is 9.90 Å². The Bertz CT molecular complexity index is 464. The summed E-state index contributed by atoms with van der Waals surface area (Å²) in [6.45, 7) is 6.97. The van der Waals surface area contributed by atoms with Gasteiger partial charge in [-0.2, -0.15) is 0 Å². The van der Waals surface area contributed by atoms with Crippen LogP contribution in [0.1, 0.15) is 219 Å². The van der Waals surface area contributed by atoms with Crippen molar-refractivity contribution in [1.82, 2.24) is 4.90 Å². The van der Waals surface area contributed by atoms with E-state index in [2.05, 4.69) is 31.5 Å². The molecule has 260 valence electrons. The molecule has 4 nitrogen and oxygen atoms in total. The largest absolute Gasteiger partial charge is 0.480 e. The third-order valence-corrected chi connectivity index (χ3v) is 8.96. The van der Waals surface area contributed by atoms with Gasteiger partial charge in [0.25, 0.3) is 0 Å². The number of aliphatic carboxylic acids is 1. The first-order chi connectivity index (χ1) is 21.1. The fourth-order valence-corrected chi connectivity index (χ4v) is 5.97. The minimum Gasteiger partial charge on any atom is -0.480 e. The zero-order chi connectivity index (χ0) is 31.9. The van der Waals surface area contributed by atoms with Gasteiger partial charge in [0.2, 0.25) is 0 Å². The van der Waals surface area contributed by atoms with E-state index >= 15 is 0 Å². The van der Waals surface area contributed by atoms with Crippen LogP contribution >= 0.6 is 0 Å². The van der Waals surface area contributed by atoms with Gasteiger partial charge in [-0.3, -0.25) is 4.79 Å². The predicted octanol–water partition coefficient (Wildman–Crippen LogP) is 12.5. The number of carboxylic acids is 1. The highest BCUT2D eigenvalue weighted by Gasteiger charge is 2.00. The first kappa shape index (κ1) is 44.5. The van der Waals surface area contributed by atoms with Gasteiger partial charge in [-0.05, 0) is 33.0 Å². The van der Waals surface area contributed by atoms with Crippen molar-refractivity contribution in [2.24, 2.45) is 5.73 Å². The minimum atomic E-state index is -0.968. The number of carboxylic acid groups (broad SMARTS) is 1. The second-order valence-corrected chi connectivity index (χ2v) is 13.5. The highest BCUT2D eigenvalue weighted by Crippen LogP contribution is 2.15. The molecule has 0 bridgehead atoms. The summed E-state index contributed by atoms with van der Waals surface area (Å²) in [5.74, 6) is -0.968. The molecule has 0 fully saturated rings. The Kier molecular flexibility index (Phi) is 42.8. The van der Waals surface area contributed by atoms with Crippen LogP contribution in [0.25, 0.3) is 0 Å². The summed E-state index contributed by atoms with van der Waals surface area (Å²) in [5.41, 5.74) is 4.57. The molecule has 0 unspecified atom stereocenters. The average Bonchev–Trinajstić information content (AvgIpc) is 3.00. The van der Waals surface area contributed by atoms with Crippen molar-refractivity contribution in [3.8, 4) is 0 Å². The molecule has 0 spiro atoms. The SMILES string of the molecule is CCCCCCCCCCCCCCCCCCN(C)CCCCCCCCCCCCCCCCCC.NCC(=O)O. The van der Waals surface area contributed by atoms with Gasteiger partial charge in [-0.15, -0.1) is 0 Å². The van der Waals surface area contributed by atoms with Crippen molar-refractivity contribution in [1.29, 1.82) is 0 Å². The van der Waals surface area contributed by atoms with Gasteiger partial charge in [0.05, 0.1) is 6.54 Å². The topological polar surface area (TPSA) is 66.6 Å². The number of nitrogens with zero attached hydrogens (tertiary/aromatic N) is 1. The van der Waals surface area contributed by atoms with Crippen LogP contribution in [0.5, 0.6) is 0 Å². The van der Waals surface area contributed by atoms with Gasteiger partial charge in [0, 0.05) is 0 Å². The number of carbonyl (C=O) groups is 1. The zero-order valence-corrected chi connectivity index (χ0v) is 30.1. The number of unbranched alkanes of at least 4 members (excludes halogenated alkanes) is 30. The maximum absolute atomic E-state index is 9.24. The lowest BCUT2D eigenvalue weighted by Gasteiger charge is -2.16. The lowest BCUT2D eigenvalue weighted by molar-refractivity contribution is -0.135. The van der Waals surface area contributed by atoms with Crippen LogP contribution in [0, 0.1) is 0 Å². The Morgan fingerprint density at radius 3 is 0.744 bits per heavy atom. The lowest BCUT2D eigenvalue weighted by atomic mass is 10.0. The van der Waals surface area contributed by atoms with Crippen LogP contribution in [0.15, 0.2) is 0 Å². The molecule has 0 aliphatic carbocycles. The number of hydrogen-bond acceptors (Lipinski definition) is 3. The molecule has 0 aromatic rings. The number of rotatable bonds is 35. The molecule has 0 aromatic carbocycles. The molecule has 0 saturated carbocycles. The third kappa shape index (κ3) is 45.9. The van der Waals surface area contributed by atoms with E-state index in [0.717, 1.165) is 0 Å². The van der Waals surface area contributed by atoms with E-state index in [1.165, 1.54) is 219 Å². The lowest BCUT2D eigenvalue weighted by Crippen LogP contribution is -2.20. The normalized spacial score (nSPS) is 11.2. The molecular formula is C39H82N2O2. The highest BCUT2D eigenvalue weighted by molar-refractivity contribution is 5.68. The molecule has 0 saturated heterocycles. The zero-order valence-electron chi connectivity index (χ0n) is 30.1. The van der Waals surface area contributed by atoms with Crippen molar-refractivity contribution in [2.45, 2.75) is 219 Å². The number of hydrogen-bond donors (Lipinski definition) is 2. The predicted molar refractivity (Wildman–Crippen MR) is 193 cm³/mol. The summed E-state index contributed by atoms with van der Waals surface area (Å²) < 4.78 is 0. The van der Waals surface area contributed by atoms with Crippen molar-refractivity contribution >= 4 is 5.97 Å². The molecule has 0 amide bonds. The van der Waals surface area contributed by atoms with Crippen molar-refractivity contribution in [3.63, 3.8) is 0 Å². The van der Waals surface area contributed by atoms with Gasteiger partial charge < -0.3 is 15.7 Å². The van der Waals surface area contributed by atoms with E-state index in [0.29, 0.717) is 0 Å². The fraction of sp³-hybridized carbons (Fsp3) is 0.974. The molecule has 0 aliphatic heterocycles. The van der Waals surface area contributed by atoms with E-state index in [1.54, 1.807) is 0 Å². The molecule has 3 N–H and O–H groups in total. The highest BCUT2D eigenvalue weighted by atomic mass is 16.4. The van der Waals surface area contributed by atoms with E-state index < -0.39 is 5.97 Å². The van der Waals surface area contributed by atoms with Crippen LogP contribution in [0.2, 0.25) is 0 Å². The van der Waals surface area contributed by atoms with Gasteiger partial charge >= 0.3 is 5.97 Å². The fourth-order valence-electron chi connectivity index (χ4n) is 5.97. The van der Waals surface area contributed by atoms with Crippen LogP contribution in [-0.4, -0.2) is 42.7 Å². The molecule has 0 aliphatic rings. The van der Waals surface area contributed by atoms with Crippen molar-refractivity contribution in [3.05, 3.63) is 0 Å². The van der Waals surface area contributed by atoms with Gasteiger partial charge in [0.15, 0.2) is 0 Å². The average molecular weight is 611 g/mol. The van der Waals surface area contributed by atoms with Crippen LogP contribution in [0.4, 0.5) is 0 Å². The Hall–Kier alpha value is -0.610. The third-order valence-electron chi connectivity index (χ3n) is 8.96. The number of nitrogens with two attached hydrogens (primary N) is 1. The summed E-state index contributed by atoms with van der Waals surface area (Å²) in [7, 11) is 2.34. The quantitative estimate of drug-likeness (QED) is 0.0700. The van der Waals surface area contributed by atoms with E-state index in [4.69, 9.17) is 5.11 Å². The first-order valence-electron chi connectivity index (χ1n) is 19.7. The monoisotopic (exact) mass is 611 g/mol. The molecule has 0 heterocycles. The second-order valence-electron chi connectivity index (χ2n) is 13.5. The first-order valence-corrected chi connectivity index (χ1v) is 19.7. The molecular weight excluding hydrogens is 528 g/mol. The summed E-state index contributed by atoms with van der Waals surface area (Å²) in [6, 6.07) is 0. The summed E-state index contributed by atoms with van der Waals surface area (Å²) in [6.07, 6.45) is 46.8. The molecule has 4 heteroatoms. The van der Waals surface area contributed by atoms with Gasteiger partial charge in [0.1, 0.15) is 0 Å². The molecule has 43 heavy (non-hydrogen) atoms. The smallest absolute Gasteiger partial charge is 0.317 e. The summed E-state index contributed by atoms with van der Waals surface area (Å²) in [4.78, 5) is 11.8.